The van der Waals surface area contributed by atoms with Gasteiger partial charge in [-0.05, 0) is 37.8 Å². The van der Waals surface area contributed by atoms with Gasteiger partial charge in [-0.15, -0.1) is 0 Å². The van der Waals surface area contributed by atoms with Crippen molar-refractivity contribution in [3.8, 4) is 0 Å². The van der Waals surface area contributed by atoms with Crippen LogP contribution >= 0.6 is 0 Å². The van der Waals surface area contributed by atoms with Gasteiger partial charge >= 0.3 is 0 Å². The summed E-state index contributed by atoms with van der Waals surface area (Å²) in [5, 5.41) is 7.25. The second-order valence-corrected chi connectivity index (χ2v) is 4.66. The van der Waals surface area contributed by atoms with Crippen LogP contribution in [0.2, 0.25) is 0 Å². The minimum Gasteiger partial charge on any atom is -0.316 e. The summed E-state index contributed by atoms with van der Waals surface area (Å²) in [6, 6.07) is 1.77. The maximum Gasteiger partial charge on any atom is 0.0158 e. The molecule has 0 aromatic rings. The van der Waals surface area contributed by atoms with E-state index in [4.69, 9.17) is 0 Å². The third-order valence-corrected chi connectivity index (χ3v) is 3.88. The van der Waals surface area contributed by atoms with Gasteiger partial charge in [0.2, 0.25) is 0 Å². The first-order chi connectivity index (χ1) is 5.95. The molecule has 3 fully saturated rings. The highest BCUT2D eigenvalue weighted by atomic mass is 15.1. The van der Waals surface area contributed by atoms with Gasteiger partial charge in [-0.3, -0.25) is 0 Å². The predicted molar refractivity (Wildman–Crippen MR) is 49.0 cm³/mol. The average molecular weight is 166 g/mol. The van der Waals surface area contributed by atoms with Crippen molar-refractivity contribution in [3.63, 3.8) is 0 Å². The van der Waals surface area contributed by atoms with Crippen LogP contribution in [0.25, 0.3) is 0 Å². The maximum absolute atomic E-state index is 3.81. The summed E-state index contributed by atoms with van der Waals surface area (Å²) >= 11 is 0. The van der Waals surface area contributed by atoms with Crippen LogP contribution in [0, 0.1) is 11.8 Å². The van der Waals surface area contributed by atoms with Crippen LogP contribution < -0.4 is 10.6 Å². The van der Waals surface area contributed by atoms with E-state index in [9.17, 15) is 0 Å². The fourth-order valence-electron chi connectivity index (χ4n) is 3.03. The third kappa shape index (κ3) is 1.09. The summed E-state index contributed by atoms with van der Waals surface area (Å²) in [5.41, 5.74) is 0. The Kier molecular flexibility index (Phi) is 1.66. The normalized spacial score (nSPS) is 46.5. The molecule has 1 saturated heterocycles. The first-order valence-electron chi connectivity index (χ1n) is 5.42. The van der Waals surface area contributed by atoms with Crippen molar-refractivity contribution in [1.82, 2.24) is 10.6 Å². The van der Waals surface area contributed by atoms with Gasteiger partial charge in [0.15, 0.2) is 0 Å². The second kappa shape index (κ2) is 2.71. The number of hydrogen-bond donors (Lipinski definition) is 2. The van der Waals surface area contributed by atoms with E-state index in [-0.39, 0.29) is 0 Å². The number of piperidine rings is 1. The highest BCUT2D eigenvalue weighted by Crippen LogP contribution is 2.42. The van der Waals surface area contributed by atoms with Crippen LogP contribution in [0.1, 0.15) is 25.7 Å². The minimum absolute atomic E-state index is 0.876. The summed E-state index contributed by atoms with van der Waals surface area (Å²) in [5.74, 6) is 1.98. The first kappa shape index (κ1) is 7.34. The molecule has 1 heterocycles. The molecule has 2 saturated carbocycles. The first-order valence-corrected chi connectivity index (χ1v) is 5.42. The zero-order valence-corrected chi connectivity index (χ0v) is 7.55. The summed E-state index contributed by atoms with van der Waals surface area (Å²) in [4.78, 5) is 0. The van der Waals surface area contributed by atoms with Crippen LogP contribution in [-0.4, -0.2) is 25.2 Å². The van der Waals surface area contributed by atoms with E-state index < -0.39 is 0 Å². The monoisotopic (exact) mass is 166 g/mol. The Morgan fingerprint density at radius 3 is 2.33 bits per heavy atom. The van der Waals surface area contributed by atoms with Gasteiger partial charge in [0.25, 0.3) is 0 Å². The quantitative estimate of drug-likeness (QED) is 0.632. The van der Waals surface area contributed by atoms with E-state index in [0.29, 0.717) is 0 Å². The lowest BCUT2D eigenvalue weighted by molar-refractivity contribution is 0.473. The average Bonchev–Trinajstić information content (AvgIpc) is 2.59. The van der Waals surface area contributed by atoms with Crippen LogP contribution in [0.3, 0.4) is 0 Å². The van der Waals surface area contributed by atoms with Crippen molar-refractivity contribution >= 4 is 0 Å². The topological polar surface area (TPSA) is 24.1 Å². The molecule has 0 aromatic carbocycles. The van der Waals surface area contributed by atoms with Crippen LogP contribution in [0.4, 0.5) is 0 Å². The van der Waals surface area contributed by atoms with Gasteiger partial charge in [-0.25, -0.2) is 0 Å². The lowest BCUT2D eigenvalue weighted by Gasteiger charge is -2.13. The number of hydrogen-bond acceptors (Lipinski definition) is 2. The molecule has 0 radical (unpaired) electrons. The van der Waals surface area contributed by atoms with E-state index in [0.717, 1.165) is 23.9 Å². The van der Waals surface area contributed by atoms with Crippen molar-refractivity contribution in [3.05, 3.63) is 0 Å². The fraction of sp³-hybridized carbons (Fsp3) is 1.00. The molecular weight excluding hydrogens is 148 g/mol. The van der Waals surface area contributed by atoms with Gasteiger partial charge in [-0.2, -0.15) is 0 Å². The lowest BCUT2D eigenvalue weighted by atomic mass is 10.2. The second-order valence-electron chi connectivity index (χ2n) is 4.66. The van der Waals surface area contributed by atoms with E-state index in [2.05, 4.69) is 10.6 Å². The SMILES string of the molecule is C1CCC(NC2C3CNCC32)C1. The summed E-state index contributed by atoms with van der Waals surface area (Å²) < 4.78 is 0. The molecule has 2 heteroatoms. The molecule has 3 rings (SSSR count). The van der Waals surface area contributed by atoms with E-state index >= 15 is 0 Å². The van der Waals surface area contributed by atoms with Crippen LogP contribution in [0.15, 0.2) is 0 Å². The molecule has 3 aliphatic rings. The number of fused-ring (bicyclic) bond motifs is 1. The molecule has 0 aromatic heterocycles. The number of rotatable bonds is 2. The largest absolute Gasteiger partial charge is 0.316 e. The Labute approximate surface area is 74.1 Å². The Morgan fingerprint density at radius 1 is 1.00 bits per heavy atom. The van der Waals surface area contributed by atoms with Gasteiger partial charge in [0.1, 0.15) is 0 Å². The molecule has 2 atom stereocenters. The van der Waals surface area contributed by atoms with Crippen LogP contribution in [0.5, 0.6) is 0 Å². The summed E-state index contributed by atoms with van der Waals surface area (Å²) in [7, 11) is 0. The summed E-state index contributed by atoms with van der Waals surface area (Å²) in [6.45, 7) is 2.55. The molecule has 1 aliphatic heterocycles. The zero-order valence-electron chi connectivity index (χ0n) is 7.55. The standard InChI is InChI=1S/C10H18N2/c1-2-4-7(3-1)12-10-8-5-11-6-9(8)10/h7-12H,1-6H2. The Balaban J connectivity index is 1.50. The molecular formula is C10H18N2. The maximum atomic E-state index is 3.81. The minimum atomic E-state index is 0.876. The van der Waals surface area contributed by atoms with Crippen molar-refractivity contribution in [2.45, 2.75) is 37.8 Å². The Bertz CT molecular complexity index is 165. The third-order valence-electron chi connectivity index (χ3n) is 3.88. The molecule has 2 N–H and O–H groups in total. The van der Waals surface area contributed by atoms with E-state index in [1.165, 1.54) is 38.8 Å². The highest BCUT2D eigenvalue weighted by Gasteiger charge is 2.53. The molecule has 0 bridgehead atoms. The fourth-order valence-corrected chi connectivity index (χ4v) is 3.03. The molecule has 2 nitrogen and oxygen atoms in total. The Morgan fingerprint density at radius 2 is 1.67 bits per heavy atom. The van der Waals surface area contributed by atoms with Crippen molar-refractivity contribution in [2.75, 3.05) is 13.1 Å². The Hall–Kier alpha value is -0.0800. The molecule has 68 valence electrons. The van der Waals surface area contributed by atoms with Gasteiger partial charge in [0.05, 0.1) is 0 Å². The number of nitrogens with one attached hydrogen (secondary N) is 2. The van der Waals surface area contributed by atoms with Crippen molar-refractivity contribution < 1.29 is 0 Å². The molecule has 0 spiro atoms. The van der Waals surface area contributed by atoms with Gasteiger partial charge in [0, 0.05) is 12.1 Å². The predicted octanol–water partition coefficient (Wildman–Crippen LogP) is 0.736. The summed E-state index contributed by atoms with van der Waals surface area (Å²) in [6.07, 6.45) is 5.78. The van der Waals surface area contributed by atoms with Gasteiger partial charge in [-0.1, -0.05) is 12.8 Å². The van der Waals surface area contributed by atoms with Crippen molar-refractivity contribution in [2.24, 2.45) is 11.8 Å². The molecule has 2 aliphatic carbocycles. The molecule has 0 amide bonds. The molecule has 12 heavy (non-hydrogen) atoms. The highest BCUT2D eigenvalue weighted by molar-refractivity contribution is 5.10. The smallest absolute Gasteiger partial charge is 0.0158 e. The van der Waals surface area contributed by atoms with Crippen molar-refractivity contribution in [1.29, 1.82) is 0 Å². The van der Waals surface area contributed by atoms with Crippen LogP contribution in [-0.2, 0) is 0 Å². The van der Waals surface area contributed by atoms with E-state index in [1.807, 2.05) is 0 Å². The van der Waals surface area contributed by atoms with Gasteiger partial charge < -0.3 is 10.6 Å². The zero-order chi connectivity index (χ0) is 7.97. The van der Waals surface area contributed by atoms with E-state index in [1.54, 1.807) is 0 Å². The lowest BCUT2D eigenvalue weighted by Crippen LogP contribution is -2.34. The molecule has 2 unspecified atom stereocenters.